The number of rotatable bonds is 1. The molecule has 11 heavy (non-hydrogen) atoms. The molecule has 58 valence electrons. The normalized spacial score (nSPS) is 9.73. The van der Waals surface area contributed by atoms with Crippen LogP contribution in [0.25, 0.3) is 0 Å². The first-order valence-electron chi connectivity index (χ1n) is 3.06. The lowest BCUT2D eigenvalue weighted by atomic mass is 10.1. The Morgan fingerprint density at radius 2 is 2.18 bits per heavy atom. The third kappa shape index (κ3) is 1.40. The Balaban J connectivity index is 3.40. The predicted molar refractivity (Wildman–Crippen MR) is 41.5 cm³/mol. The van der Waals surface area contributed by atoms with Crippen LogP contribution in [0.3, 0.4) is 0 Å². The minimum absolute atomic E-state index is 0.0394. The van der Waals surface area contributed by atoms with Gasteiger partial charge in [-0.2, -0.15) is 0 Å². The van der Waals surface area contributed by atoms with Gasteiger partial charge < -0.3 is 0 Å². The van der Waals surface area contributed by atoms with Crippen molar-refractivity contribution in [3.05, 3.63) is 34.1 Å². The summed E-state index contributed by atoms with van der Waals surface area (Å²) in [6, 6.07) is 2.61. The first-order chi connectivity index (χ1) is 5.16. The number of hydrogen-bond donors (Lipinski definition) is 0. The van der Waals surface area contributed by atoms with Crippen LogP contribution in [0, 0.1) is 12.7 Å². The van der Waals surface area contributed by atoms with E-state index in [0.717, 1.165) is 0 Å². The largest absolute Gasteiger partial charge is 0.298 e. The topological polar surface area (TPSA) is 17.1 Å². The van der Waals surface area contributed by atoms with Gasteiger partial charge in [0, 0.05) is 5.02 Å². The molecule has 0 fully saturated rings. The minimum Gasteiger partial charge on any atom is -0.298 e. The molecule has 0 heterocycles. The summed E-state index contributed by atoms with van der Waals surface area (Å²) >= 11 is 5.64. The van der Waals surface area contributed by atoms with Crippen LogP contribution < -0.4 is 0 Å². The Kier molecular flexibility index (Phi) is 2.25. The van der Waals surface area contributed by atoms with Crippen LogP contribution in [0.2, 0.25) is 5.02 Å². The highest BCUT2D eigenvalue weighted by molar-refractivity contribution is 6.31. The van der Waals surface area contributed by atoms with Gasteiger partial charge in [-0.1, -0.05) is 11.6 Å². The van der Waals surface area contributed by atoms with Crippen molar-refractivity contribution in [1.82, 2.24) is 0 Å². The molecule has 0 radical (unpaired) electrons. The third-order valence-corrected chi connectivity index (χ3v) is 1.92. The highest BCUT2D eigenvalue weighted by Gasteiger charge is 2.06. The van der Waals surface area contributed by atoms with Gasteiger partial charge in [-0.05, 0) is 24.6 Å². The van der Waals surface area contributed by atoms with E-state index in [1.807, 2.05) is 0 Å². The van der Waals surface area contributed by atoms with Crippen LogP contribution in [0.5, 0.6) is 0 Å². The molecule has 0 amide bonds. The standard InChI is InChI=1S/C8H6ClFO/c1-5-6(4-11)8(10)3-2-7(5)9/h2-4H,1H3. The molecule has 1 aromatic rings. The van der Waals surface area contributed by atoms with Gasteiger partial charge in [0.2, 0.25) is 0 Å². The molecule has 0 aliphatic heterocycles. The maximum atomic E-state index is 12.7. The highest BCUT2D eigenvalue weighted by Crippen LogP contribution is 2.19. The first kappa shape index (κ1) is 8.21. The van der Waals surface area contributed by atoms with E-state index >= 15 is 0 Å². The van der Waals surface area contributed by atoms with Gasteiger partial charge in [-0.25, -0.2) is 4.39 Å². The Labute approximate surface area is 68.8 Å². The summed E-state index contributed by atoms with van der Waals surface area (Å²) < 4.78 is 12.7. The van der Waals surface area contributed by atoms with Gasteiger partial charge >= 0.3 is 0 Å². The lowest BCUT2D eigenvalue weighted by molar-refractivity contribution is 0.111. The van der Waals surface area contributed by atoms with Crippen LogP contribution in [-0.4, -0.2) is 6.29 Å². The van der Waals surface area contributed by atoms with Gasteiger partial charge in [0.25, 0.3) is 0 Å². The summed E-state index contributed by atoms with van der Waals surface area (Å²) in [6.45, 7) is 1.61. The van der Waals surface area contributed by atoms with Gasteiger partial charge in [-0.3, -0.25) is 4.79 Å². The molecule has 0 atom stereocenters. The Morgan fingerprint density at radius 3 is 2.64 bits per heavy atom. The molecule has 0 spiro atoms. The fourth-order valence-electron chi connectivity index (χ4n) is 0.814. The second kappa shape index (κ2) is 3.01. The molecule has 3 heteroatoms. The van der Waals surface area contributed by atoms with Crippen LogP contribution in [0.1, 0.15) is 15.9 Å². The molecule has 0 aliphatic carbocycles. The molecule has 0 aromatic heterocycles. The number of halogens is 2. The quantitative estimate of drug-likeness (QED) is 0.595. The molecule has 0 aliphatic rings. The van der Waals surface area contributed by atoms with Crippen molar-refractivity contribution in [2.75, 3.05) is 0 Å². The van der Waals surface area contributed by atoms with Crippen molar-refractivity contribution in [3.8, 4) is 0 Å². The van der Waals surface area contributed by atoms with Crippen molar-refractivity contribution in [1.29, 1.82) is 0 Å². The molecule has 1 rings (SSSR count). The Morgan fingerprint density at radius 1 is 1.55 bits per heavy atom. The van der Waals surface area contributed by atoms with Crippen LogP contribution >= 0.6 is 11.6 Å². The molecule has 0 bridgehead atoms. The van der Waals surface area contributed by atoms with Crippen molar-refractivity contribution < 1.29 is 9.18 Å². The average Bonchev–Trinajstić information content (AvgIpc) is 1.99. The van der Waals surface area contributed by atoms with Gasteiger partial charge in [0.05, 0.1) is 5.56 Å². The summed E-state index contributed by atoms with van der Waals surface area (Å²) in [5.41, 5.74) is 0.527. The van der Waals surface area contributed by atoms with Crippen molar-refractivity contribution in [2.24, 2.45) is 0 Å². The lowest BCUT2D eigenvalue weighted by Gasteiger charge is -2.00. The van der Waals surface area contributed by atoms with E-state index < -0.39 is 5.82 Å². The van der Waals surface area contributed by atoms with E-state index in [9.17, 15) is 9.18 Å². The summed E-state index contributed by atoms with van der Waals surface area (Å²) in [5, 5.41) is 0.411. The lowest BCUT2D eigenvalue weighted by Crippen LogP contribution is -1.92. The minimum atomic E-state index is -0.526. The van der Waals surface area contributed by atoms with E-state index in [2.05, 4.69) is 0 Å². The molecular formula is C8H6ClFO. The van der Waals surface area contributed by atoms with Gasteiger partial charge in [0.1, 0.15) is 5.82 Å². The summed E-state index contributed by atoms with van der Waals surface area (Å²) in [6.07, 6.45) is 0.469. The SMILES string of the molecule is Cc1c(Cl)ccc(F)c1C=O. The van der Waals surface area contributed by atoms with Gasteiger partial charge in [0.15, 0.2) is 6.29 Å². The fourth-order valence-corrected chi connectivity index (χ4v) is 0.978. The average molecular weight is 173 g/mol. The fraction of sp³-hybridized carbons (Fsp3) is 0.125. The van der Waals surface area contributed by atoms with Gasteiger partial charge in [-0.15, -0.1) is 0 Å². The second-order valence-corrected chi connectivity index (χ2v) is 2.59. The molecule has 0 saturated heterocycles. The van der Waals surface area contributed by atoms with Crippen LogP contribution in [0.15, 0.2) is 12.1 Å². The predicted octanol–water partition coefficient (Wildman–Crippen LogP) is 2.60. The van der Waals surface area contributed by atoms with Crippen molar-refractivity contribution in [2.45, 2.75) is 6.92 Å². The highest BCUT2D eigenvalue weighted by atomic mass is 35.5. The maximum absolute atomic E-state index is 12.7. The zero-order valence-electron chi connectivity index (χ0n) is 5.90. The van der Waals surface area contributed by atoms with Crippen LogP contribution in [0.4, 0.5) is 4.39 Å². The summed E-state index contributed by atoms with van der Waals surface area (Å²) in [4.78, 5) is 10.3. The number of aldehydes is 1. The number of hydrogen-bond acceptors (Lipinski definition) is 1. The number of carbonyl (C=O) groups excluding carboxylic acids is 1. The van der Waals surface area contributed by atoms with E-state index in [4.69, 9.17) is 11.6 Å². The molecule has 1 nitrogen and oxygen atoms in total. The molecular weight excluding hydrogens is 167 g/mol. The molecule has 0 N–H and O–H groups in total. The summed E-state index contributed by atoms with van der Waals surface area (Å²) in [5.74, 6) is -0.526. The zero-order valence-corrected chi connectivity index (χ0v) is 6.65. The number of benzene rings is 1. The van der Waals surface area contributed by atoms with Crippen molar-refractivity contribution in [3.63, 3.8) is 0 Å². The number of carbonyl (C=O) groups is 1. The molecule has 0 saturated carbocycles. The van der Waals surface area contributed by atoms with E-state index in [1.165, 1.54) is 12.1 Å². The van der Waals surface area contributed by atoms with E-state index in [0.29, 0.717) is 16.9 Å². The third-order valence-electron chi connectivity index (χ3n) is 1.51. The Hall–Kier alpha value is -0.890. The zero-order chi connectivity index (χ0) is 8.43. The second-order valence-electron chi connectivity index (χ2n) is 2.19. The maximum Gasteiger partial charge on any atom is 0.153 e. The molecule has 1 aromatic carbocycles. The smallest absolute Gasteiger partial charge is 0.153 e. The monoisotopic (exact) mass is 172 g/mol. The van der Waals surface area contributed by atoms with Crippen LogP contribution in [-0.2, 0) is 0 Å². The van der Waals surface area contributed by atoms with Crippen molar-refractivity contribution >= 4 is 17.9 Å². The first-order valence-corrected chi connectivity index (χ1v) is 3.44. The van der Waals surface area contributed by atoms with E-state index in [1.54, 1.807) is 6.92 Å². The Bertz CT molecular complexity index is 296. The summed E-state index contributed by atoms with van der Waals surface area (Å²) in [7, 11) is 0. The molecule has 0 unspecified atom stereocenters. The van der Waals surface area contributed by atoms with E-state index in [-0.39, 0.29) is 5.56 Å².